The number of phenols is 2. The SMILES string of the molecule is Cc1cc(C(C)(C)c2cc(C)c(OP(=O)(O)Oc3c(C)cc(C(C)(C)c4cc(C)c(O)c(C)c4)cc3C)c(C)c2)cc(C)c1O. The predicted molar refractivity (Wildman–Crippen MR) is 182 cm³/mol. The van der Waals surface area contributed by atoms with Gasteiger partial charge in [-0.1, -0.05) is 76.2 Å². The van der Waals surface area contributed by atoms with E-state index in [1.165, 1.54) is 0 Å². The fourth-order valence-corrected chi connectivity index (χ4v) is 7.20. The number of aryl methyl sites for hydroxylation is 8. The second-order valence-corrected chi connectivity index (χ2v) is 15.0. The molecule has 0 aliphatic rings. The number of phosphoric ester groups is 1. The maximum absolute atomic E-state index is 13.4. The van der Waals surface area contributed by atoms with Crippen LogP contribution in [0.15, 0.2) is 48.5 Å². The minimum Gasteiger partial charge on any atom is -0.507 e. The summed E-state index contributed by atoms with van der Waals surface area (Å²) < 4.78 is 24.9. The smallest absolute Gasteiger partial charge is 0.507 e. The largest absolute Gasteiger partial charge is 0.584 e. The summed E-state index contributed by atoms with van der Waals surface area (Å²) in [6, 6.07) is 15.9. The van der Waals surface area contributed by atoms with Gasteiger partial charge in [0.2, 0.25) is 0 Å². The molecule has 0 saturated carbocycles. The number of hydrogen-bond donors (Lipinski definition) is 3. The third-order valence-electron chi connectivity index (χ3n) is 9.20. The quantitative estimate of drug-likeness (QED) is 0.168. The molecule has 0 fully saturated rings. The van der Waals surface area contributed by atoms with Crippen molar-refractivity contribution in [3.8, 4) is 23.0 Å². The van der Waals surface area contributed by atoms with Crippen LogP contribution in [-0.4, -0.2) is 15.1 Å². The van der Waals surface area contributed by atoms with Gasteiger partial charge < -0.3 is 19.3 Å². The maximum atomic E-state index is 13.4. The van der Waals surface area contributed by atoms with Crippen molar-refractivity contribution in [1.29, 1.82) is 0 Å². The zero-order chi connectivity index (χ0) is 33.8. The molecule has 0 aromatic heterocycles. The van der Waals surface area contributed by atoms with Crippen molar-refractivity contribution in [2.45, 2.75) is 93.9 Å². The summed E-state index contributed by atoms with van der Waals surface area (Å²) in [5.41, 5.74) is 9.52. The van der Waals surface area contributed by atoms with Gasteiger partial charge in [0.15, 0.2) is 0 Å². The normalized spacial score (nSPS) is 12.4. The predicted octanol–water partition coefficient (Wildman–Crippen LogP) is 9.78. The van der Waals surface area contributed by atoms with Crippen LogP contribution >= 0.6 is 7.82 Å². The Kier molecular flexibility index (Phi) is 9.02. The molecule has 0 saturated heterocycles. The van der Waals surface area contributed by atoms with E-state index in [1.807, 2.05) is 104 Å². The molecule has 4 rings (SSSR count). The molecular weight excluding hydrogens is 583 g/mol. The first-order valence-corrected chi connectivity index (χ1v) is 16.7. The van der Waals surface area contributed by atoms with Gasteiger partial charge in [-0.3, -0.25) is 4.89 Å². The Labute approximate surface area is 268 Å². The van der Waals surface area contributed by atoms with Crippen molar-refractivity contribution < 1.29 is 28.7 Å². The van der Waals surface area contributed by atoms with Crippen LogP contribution in [0.25, 0.3) is 0 Å². The van der Waals surface area contributed by atoms with Gasteiger partial charge in [0.25, 0.3) is 0 Å². The number of phosphoric acid groups is 1. The van der Waals surface area contributed by atoms with Crippen LogP contribution < -0.4 is 9.05 Å². The summed E-state index contributed by atoms with van der Waals surface area (Å²) in [6.07, 6.45) is 0. The average Bonchev–Trinajstić information content (AvgIpc) is 2.93. The minimum absolute atomic E-state index is 0.302. The Balaban J connectivity index is 1.62. The first-order chi connectivity index (χ1) is 20.7. The number of aromatic hydroxyl groups is 2. The third kappa shape index (κ3) is 6.64. The van der Waals surface area contributed by atoms with Crippen molar-refractivity contribution in [1.82, 2.24) is 0 Å². The second kappa shape index (κ2) is 11.9. The van der Waals surface area contributed by atoms with Crippen molar-refractivity contribution >= 4 is 7.82 Å². The molecule has 45 heavy (non-hydrogen) atoms. The van der Waals surface area contributed by atoms with Crippen molar-refractivity contribution in [2.75, 3.05) is 0 Å². The second-order valence-electron chi connectivity index (χ2n) is 13.7. The lowest BCUT2D eigenvalue weighted by molar-refractivity contribution is 0.288. The Morgan fingerprint density at radius 1 is 0.467 bits per heavy atom. The molecule has 0 aliphatic heterocycles. The van der Waals surface area contributed by atoms with Crippen LogP contribution in [0.1, 0.15) is 94.5 Å². The molecule has 0 atom stereocenters. The molecule has 0 amide bonds. The van der Waals surface area contributed by atoms with Crippen molar-refractivity contribution in [3.63, 3.8) is 0 Å². The summed E-state index contributed by atoms with van der Waals surface area (Å²) in [6.45, 7) is 23.5. The molecule has 7 heteroatoms. The summed E-state index contributed by atoms with van der Waals surface area (Å²) in [5, 5.41) is 20.6. The minimum atomic E-state index is -4.56. The number of benzene rings is 4. The highest BCUT2D eigenvalue weighted by Crippen LogP contribution is 2.49. The lowest BCUT2D eigenvalue weighted by Gasteiger charge is -2.29. The molecule has 4 aromatic rings. The zero-order valence-corrected chi connectivity index (χ0v) is 29.5. The number of hydrogen-bond acceptors (Lipinski definition) is 5. The van der Waals surface area contributed by atoms with Gasteiger partial charge >= 0.3 is 7.82 Å². The van der Waals surface area contributed by atoms with Gasteiger partial charge in [0.05, 0.1) is 0 Å². The van der Waals surface area contributed by atoms with Crippen molar-refractivity contribution in [2.24, 2.45) is 0 Å². The zero-order valence-electron chi connectivity index (χ0n) is 28.6. The molecular formula is C38H47O6P. The average molecular weight is 631 g/mol. The van der Waals surface area contributed by atoms with Crippen LogP contribution in [-0.2, 0) is 15.4 Å². The molecule has 240 valence electrons. The lowest BCUT2D eigenvalue weighted by Crippen LogP contribution is -2.20. The maximum Gasteiger partial charge on any atom is 0.584 e. The van der Waals surface area contributed by atoms with Crippen LogP contribution in [0.4, 0.5) is 0 Å². The van der Waals surface area contributed by atoms with Crippen LogP contribution in [0.5, 0.6) is 23.0 Å². The Morgan fingerprint density at radius 3 is 0.889 bits per heavy atom. The van der Waals surface area contributed by atoms with E-state index in [4.69, 9.17) is 9.05 Å². The lowest BCUT2D eigenvalue weighted by atomic mass is 9.76. The van der Waals surface area contributed by atoms with Gasteiger partial charge in [-0.15, -0.1) is 0 Å². The molecule has 0 bridgehead atoms. The first kappa shape index (κ1) is 34.1. The first-order valence-electron chi connectivity index (χ1n) is 15.2. The van der Waals surface area contributed by atoms with Crippen LogP contribution in [0.3, 0.4) is 0 Å². The number of rotatable bonds is 8. The fraction of sp³-hybridized carbons (Fsp3) is 0.368. The van der Waals surface area contributed by atoms with E-state index in [9.17, 15) is 19.7 Å². The molecule has 0 unspecified atom stereocenters. The van der Waals surface area contributed by atoms with E-state index in [2.05, 4.69) is 27.7 Å². The highest BCUT2D eigenvalue weighted by atomic mass is 31.2. The summed E-state index contributed by atoms with van der Waals surface area (Å²) in [5.74, 6) is 1.22. The van der Waals surface area contributed by atoms with Crippen molar-refractivity contribution in [3.05, 3.63) is 115 Å². The molecule has 3 N–H and O–H groups in total. The molecule has 0 radical (unpaired) electrons. The van der Waals surface area contributed by atoms with E-state index in [1.54, 1.807) is 0 Å². The summed E-state index contributed by atoms with van der Waals surface area (Å²) in [4.78, 5) is 11.0. The van der Waals surface area contributed by atoms with E-state index >= 15 is 0 Å². The summed E-state index contributed by atoms with van der Waals surface area (Å²) in [7, 11) is -4.56. The van der Waals surface area contributed by atoms with Gasteiger partial charge in [0, 0.05) is 10.8 Å². The van der Waals surface area contributed by atoms with Gasteiger partial charge in [0.1, 0.15) is 23.0 Å². The Bertz CT molecular complexity index is 1630. The van der Waals surface area contributed by atoms with Crippen LogP contribution in [0, 0.1) is 55.4 Å². The topological polar surface area (TPSA) is 96.2 Å². The molecule has 0 spiro atoms. The van der Waals surface area contributed by atoms with E-state index in [0.29, 0.717) is 45.3 Å². The highest BCUT2D eigenvalue weighted by molar-refractivity contribution is 7.48. The van der Waals surface area contributed by atoms with E-state index in [0.717, 1.165) is 44.5 Å². The molecule has 0 heterocycles. The molecule has 6 nitrogen and oxygen atoms in total. The third-order valence-corrected chi connectivity index (χ3v) is 10.0. The van der Waals surface area contributed by atoms with Gasteiger partial charge in [-0.25, -0.2) is 4.57 Å². The molecule has 4 aromatic carbocycles. The Morgan fingerprint density at radius 2 is 0.667 bits per heavy atom. The monoisotopic (exact) mass is 630 g/mol. The summed E-state index contributed by atoms with van der Waals surface area (Å²) >= 11 is 0. The highest BCUT2D eigenvalue weighted by Gasteiger charge is 2.32. The van der Waals surface area contributed by atoms with E-state index in [-0.39, 0.29) is 0 Å². The van der Waals surface area contributed by atoms with Gasteiger partial charge in [-0.2, -0.15) is 0 Å². The van der Waals surface area contributed by atoms with E-state index < -0.39 is 18.7 Å². The Hall–Kier alpha value is -3.73. The fourth-order valence-electron chi connectivity index (χ4n) is 6.13. The van der Waals surface area contributed by atoms with Crippen LogP contribution in [0.2, 0.25) is 0 Å². The standard InChI is InChI=1S/C38H47O6P/c1-21-13-29(14-22(2)33(21)39)37(9,10)31-17-25(5)35(26(6)18-31)43-45(41,42)44-36-27(7)19-32(20-28(36)8)38(11,12)30-15-23(3)34(40)24(4)16-30/h13-20,39-40H,1-12H3,(H,41,42). The number of phenolic OH excluding ortho intramolecular Hbond substituents is 2. The van der Waals surface area contributed by atoms with Gasteiger partial charge in [-0.05, 0) is 122 Å². The molecule has 0 aliphatic carbocycles.